The Balaban J connectivity index is 3.17. The average molecular weight is 163 g/mol. The molecule has 0 aliphatic heterocycles. The van der Waals surface area contributed by atoms with Gasteiger partial charge in [0.1, 0.15) is 0 Å². The third-order valence-corrected chi connectivity index (χ3v) is 1.83. The number of hydrogen-bond acceptors (Lipinski definition) is 2. The van der Waals surface area contributed by atoms with Gasteiger partial charge in [0, 0.05) is 11.6 Å². The van der Waals surface area contributed by atoms with Crippen molar-refractivity contribution in [2.24, 2.45) is 5.73 Å². The number of carbonyl (C=O) groups is 1. The number of hydrogen-bond donors (Lipinski definition) is 1. The van der Waals surface area contributed by atoms with Crippen LogP contribution in [0.3, 0.4) is 0 Å². The lowest BCUT2D eigenvalue weighted by Gasteiger charge is -2.09. The average Bonchev–Trinajstić information content (AvgIpc) is 2.04. The molecule has 2 nitrogen and oxygen atoms in total. The minimum atomic E-state index is -0.0786. The molecule has 0 saturated carbocycles. The number of Topliss-reactive ketones (excluding diaryl/α,β-unsaturated/α-hetero) is 1. The summed E-state index contributed by atoms with van der Waals surface area (Å²) in [4.78, 5) is 11.1. The number of benzene rings is 1. The Morgan fingerprint density at radius 3 is 2.42 bits per heavy atom. The molecule has 1 atom stereocenters. The molecular formula is C10H13NO. The Morgan fingerprint density at radius 1 is 1.42 bits per heavy atom. The van der Waals surface area contributed by atoms with E-state index in [2.05, 4.69) is 0 Å². The highest BCUT2D eigenvalue weighted by atomic mass is 16.1. The highest BCUT2D eigenvalue weighted by Gasteiger charge is 2.08. The summed E-state index contributed by atoms with van der Waals surface area (Å²) in [7, 11) is 0. The van der Waals surface area contributed by atoms with Crippen LogP contribution in [0.5, 0.6) is 0 Å². The normalized spacial score (nSPS) is 12.6. The molecule has 0 fully saturated rings. The van der Waals surface area contributed by atoms with Gasteiger partial charge in [0.05, 0.1) is 0 Å². The van der Waals surface area contributed by atoms with Crippen LogP contribution in [-0.4, -0.2) is 5.78 Å². The standard InChI is InChI=1S/C10H13NO/c1-7(11)9-5-3-4-6-10(9)8(2)12/h3-7H,11H2,1-2H3/t7-/m0/s1. The lowest BCUT2D eigenvalue weighted by atomic mass is 10.00. The van der Waals surface area contributed by atoms with Gasteiger partial charge in [-0.1, -0.05) is 24.3 Å². The van der Waals surface area contributed by atoms with Crippen LogP contribution >= 0.6 is 0 Å². The summed E-state index contributed by atoms with van der Waals surface area (Å²) in [6.07, 6.45) is 0. The Hall–Kier alpha value is -1.15. The summed E-state index contributed by atoms with van der Waals surface area (Å²) in [5, 5.41) is 0. The summed E-state index contributed by atoms with van der Waals surface area (Å²) in [6, 6.07) is 7.36. The minimum absolute atomic E-state index is 0.0721. The van der Waals surface area contributed by atoms with Gasteiger partial charge in [0.25, 0.3) is 0 Å². The van der Waals surface area contributed by atoms with E-state index in [0.29, 0.717) is 0 Å². The van der Waals surface area contributed by atoms with E-state index in [1.54, 1.807) is 13.0 Å². The summed E-state index contributed by atoms with van der Waals surface area (Å²) >= 11 is 0. The fourth-order valence-electron chi connectivity index (χ4n) is 1.21. The van der Waals surface area contributed by atoms with Gasteiger partial charge >= 0.3 is 0 Å². The van der Waals surface area contributed by atoms with Crippen LogP contribution < -0.4 is 5.73 Å². The van der Waals surface area contributed by atoms with Crippen molar-refractivity contribution in [3.8, 4) is 0 Å². The SMILES string of the molecule is CC(=O)c1ccccc1[C@H](C)N. The van der Waals surface area contributed by atoms with Crippen molar-refractivity contribution in [1.82, 2.24) is 0 Å². The highest BCUT2D eigenvalue weighted by molar-refractivity contribution is 5.95. The van der Waals surface area contributed by atoms with Crippen molar-refractivity contribution in [1.29, 1.82) is 0 Å². The maximum absolute atomic E-state index is 11.1. The molecule has 0 amide bonds. The van der Waals surface area contributed by atoms with Crippen molar-refractivity contribution in [3.05, 3.63) is 35.4 Å². The monoisotopic (exact) mass is 163 g/mol. The predicted octanol–water partition coefficient (Wildman–Crippen LogP) is 1.91. The molecule has 2 N–H and O–H groups in total. The van der Waals surface area contributed by atoms with E-state index in [9.17, 15) is 4.79 Å². The third kappa shape index (κ3) is 1.71. The first-order valence-corrected chi connectivity index (χ1v) is 3.98. The van der Waals surface area contributed by atoms with Crippen molar-refractivity contribution in [2.45, 2.75) is 19.9 Å². The molecule has 0 radical (unpaired) electrons. The van der Waals surface area contributed by atoms with Crippen LogP contribution in [0.2, 0.25) is 0 Å². The van der Waals surface area contributed by atoms with Crippen molar-refractivity contribution >= 4 is 5.78 Å². The lowest BCUT2D eigenvalue weighted by Crippen LogP contribution is -2.10. The van der Waals surface area contributed by atoms with Gasteiger partial charge in [-0.25, -0.2) is 0 Å². The molecule has 0 saturated heterocycles. The molecule has 0 aliphatic carbocycles. The molecule has 0 aliphatic rings. The topological polar surface area (TPSA) is 43.1 Å². The molecule has 1 rings (SSSR count). The Labute approximate surface area is 72.4 Å². The zero-order valence-corrected chi connectivity index (χ0v) is 7.37. The van der Waals surface area contributed by atoms with Crippen molar-refractivity contribution in [2.75, 3.05) is 0 Å². The minimum Gasteiger partial charge on any atom is -0.324 e. The summed E-state index contributed by atoms with van der Waals surface area (Å²) in [5.41, 5.74) is 7.35. The highest BCUT2D eigenvalue weighted by Crippen LogP contribution is 2.15. The van der Waals surface area contributed by atoms with Crippen LogP contribution in [-0.2, 0) is 0 Å². The van der Waals surface area contributed by atoms with Gasteiger partial charge in [-0.05, 0) is 19.4 Å². The second-order valence-electron chi connectivity index (χ2n) is 2.93. The van der Waals surface area contributed by atoms with Gasteiger partial charge in [-0.15, -0.1) is 0 Å². The second-order valence-corrected chi connectivity index (χ2v) is 2.93. The zero-order valence-electron chi connectivity index (χ0n) is 7.37. The molecule has 0 heterocycles. The van der Waals surface area contributed by atoms with Crippen LogP contribution in [0, 0.1) is 0 Å². The van der Waals surface area contributed by atoms with Gasteiger partial charge < -0.3 is 5.73 Å². The molecule has 2 heteroatoms. The summed E-state index contributed by atoms with van der Waals surface area (Å²) in [5.74, 6) is 0.0721. The first-order chi connectivity index (χ1) is 5.63. The van der Waals surface area contributed by atoms with E-state index < -0.39 is 0 Å². The largest absolute Gasteiger partial charge is 0.324 e. The molecule has 1 aromatic rings. The summed E-state index contributed by atoms with van der Waals surface area (Å²) in [6.45, 7) is 3.43. The van der Waals surface area contributed by atoms with E-state index in [0.717, 1.165) is 11.1 Å². The molecule has 0 aromatic heterocycles. The quantitative estimate of drug-likeness (QED) is 0.677. The predicted molar refractivity (Wildman–Crippen MR) is 49.0 cm³/mol. The van der Waals surface area contributed by atoms with E-state index in [1.165, 1.54) is 0 Å². The molecule has 64 valence electrons. The molecule has 0 spiro atoms. The maximum Gasteiger partial charge on any atom is 0.160 e. The van der Waals surface area contributed by atoms with E-state index in [1.807, 2.05) is 25.1 Å². The van der Waals surface area contributed by atoms with Gasteiger partial charge in [-0.2, -0.15) is 0 Å². The fraction of sp³-hybridized carbons (Fsp3) is 0.300. The number of ketones is 1. The van der Waals surface area contributed by atoms with Crippen molar-refractivity contribution < 1.29 is 4.79 Å². The van der Waals surface area contributed by atoms with E-state index >= 15 is 0 Å². The Bertz CT molecular complexity index is 292. The van der Waals surface area contributed by atoms with Crippen LogP contribution in [0.25, 0.3) is 0 Å². The number of rotatable bonds is 2. The maximum atomic E-state index is 11.1. The molecular weight excluding hydrogens is 150 g/mol. The molecule has 0 bridgehead atoms. The zero-order chi connectivity index (χ0) is 9.14. The number of carbonyl (C=O) groups excluding carboxylic acids is 1. The first kappa shape index (κ1) is 8.94. The third-order valence-electron chi connectivity index (χ3n) is 1.83. The first-order valence-electron chi connectivity index (χ1n) is 3.98. The Kier molecular flexibility index (Phi) is 2.61. The van der Waals surface area contributed by atoms with Crippen molar-refractivity contribution in [3.63, 3.8) is 0 Å². The molecule has 12 heavy (non-hydrogen) atoms. The molecule has 1 aromatic carbocycles. The van der Waals surface area contributed by atoms with Crippen LogP contribution in [0.15, 0.2) is 24.3 Å². The smallest absolute Gasteiger partial charge is 0.160 e. The second kappa shape index (κ2) is 3.50. The van der Waals surface area contributed by atoms with Crippen LogP contribution in [0.1, 0.15) is 35.8 Å². The number of nitrogens with two attached hydrogens (primary N) is 1. The van der Waals surface area contributed by atoms with Crippen LogP contribution in [0.4, 0.5) is 0 Å². The fourth-order valence-corrected chi connectivity index (χ4v) is 1.21. The van der Waals surface area contributed by atoms with E-state index in [-0.39, 0.29) is 11.8 Å². The van der Waals surface area contributed by atoms with Gasteiger partial charge in [-0.3, -0.25) is 4.79 Å². The van der Waals surface area contributed by atoms with Gasteiger partial charge in [0.15, 0.2) is 5.78 Å². The molecule has 0 unspecified atom stereocenters. The Morgan fingerprint density at radius 2 is 2.00 bits per heavy atom. The lowest BCUT2D eigenvalue weighted by molar-refractivity contribution is 0.101. The van der Waals surface area contributed by atoms with Gasteiger partial charge in [0.2, 0.25) is 0 Å². The van der Waals surface area contributed by atoms with E-state index in [4.69, 9.17) is 5.73 Å². The summed E-state index contributed by atoms with van der Waals surface area (Å²) < 4.78 is 0.